The van der Waals surface area contributed by atoms with Gasteiger partial charge in [-0.3, -0.25) is 9.89 Å². The molecule has 0 aliphatic heterocycles. The van der Waals surface area contributed by atoms with Crippen LogP contribution in [-0.2, 0) is 4.79 Å². The molecule has 28 heavy (non-hydrogen) atoms. The van der Waals surface area contributed by atoms with Crippen LogP contribution in [0.3, 0.4) is 0 Å². The van der Waals surface area contributed by atoms with Crippen molar-refractivity contribution in [2.45, 2.75) is 5.16 Å². The summed E-state index contributed by atoms with van der Waals surface area (Å²) in [5.74, 6) is 0.802. The molecule has 1 heterocycles. The number of aromatic nitrogens is 3. The summed E-state index contributed by atoms with van der Waals surface area (Å²) in [6, 6.07) is 23.8. The lowest BCUT2D eigenvalue weighted by Gasteiger charge is -2.07. The van der Waals surface area contributed by atoms with Crippen molar-refractivity contribution < 1.29 is 4.79 Å². The van der Waals surface area contributed by atoms with Crippen LogP contribution in [-0.4, -0.2) is 26.8 Å². The third kappa shape index (κ3) is 4.47. The molecule has 0 spiro atoms. The van der Waals surface area contributed by atoms with Gasteiger partial charge < -0.3 is 5.32 Å². The van der Waals surface area contributed by atoms with E-state index in [4.69, 9.17) is 0 Å². The molecular weight excluding hydrogens is 368 g/mol. The second kappa shape index (κ2) is 8.54. The zero-order valence-corrected chi connectivity index (χ0v) is 15.8. The number of benzene rings is 3. The summed E-state index contributed by atoms with van der Waals surface area (Å²) >= 11 is 1.30. The van der Waals surface area contributed by atoms with Gasteiger partial charge in [0.1, 0.15) is 5.82 Å². The van der Waals surface area contributed by atoms with Crippen LogP contribution in [0, 0.1) is 0 Å². The number of hydrogen-bond donors (Lipinski definition) is 2. The van der Waals surface area contributed by atoms with E-state index in [2.05, 4.69) is 20.5 Å². The number of nitrogens with one attached hydrogen (secondary N) is 2. The predicted octanol–water partition coefficient (Wildman–Crippen LogP) is 4.86. The minimum atomic E-state index is -0.0902. The van der Waals surface area contributed by atoms with Gasteiger partial charge in [0.15, 0.2) is 0 Å². The van der Waals surface area contributed by atoms with E-state index in [1.807, 2.05) is 84.9 Å². The molecule has 1 amide bonds. The summed E-state index contributed by atoms with van der Waals surface area (Å²) < 4.78 is 0. The average Bonchev–Trinajstić information content (AvgIpc) is 3.20. The molecule has 4 aromatic rings. The SMILES string of the molecule is O=C(CSc1n[nH]c(/C=C/c2ccccc2)n1)Nc1cccc2ccccc12. The summed E-state index contributed by atoms with van der Waals surface area (Å²) in [7, 11) is 0. The highest BCUT2D eigenvalue weighted by Gasteiger charge is 2.09. The van der Waals surface area contributed by atoms with Gasteiger partial charge in [0.05, 0.1) is 5.75 Å². The van der Waals surface area contributed by atoms with Gasteiger partial charge in [0.25, 0.3) is 0 Å². The van der Waals surface area contributed by atoms with Crippen molar-refractivity contribution in [2.75, 3.05) is 11.1 Å². The second-order valence-electron chi connectivity index (χ2n) is 6.11. The van der Waals surface area contributed by atoms with Crippen LogP contribution in [0.5, 0.6) is 0 Å². The van der Waals surface area contributed by atoms with Crippen LogP contribution in [0.1, 0.15) is 11.4 Å². The lowest BCUT2D eigenvalue weighted by molar-refractivity contribution is -0.113. The number of H-pyrrole nitrogens is 1. The molecule has 0 fully saturated rings. The molecule has 4 rings (SSSR count). The lowest BCUT2D eigenvalue weighted by Crippen LogP contribution is -2.14. The number of carbonyl (C=O) groups is 1. The number of amides is 1. The number of hydrogen-bond acceptors (Lipinski definition) is 4. The molecule has 0 aliphatic rings. The van der Waals surface area contributed by atoms with Crippen LogP contribution < -0.4 is 5.32 Å². The van der Waals surface area contributed by atoms with E-state index in [1.165, 1.54) is 11.8 Å². The molecule has 0 unspecified atom stereocenters. The number of carbonyl (C=O) groups excluding carboxylic acids is 1. The Labute approximate surface area is 166 Å². The van der Waals surface area contributed by atoms with E-state index < -0.39 is 0 Å². The summed E-state index contributed by atoms with van der Waals surface area (Å²) in [5.41, 5.74) is 1.90. The highest BCUT2D eigenvalue weighted by atomic mass is 32.2. The van der Waals surface area contributed by atoms with Crippen molar-refractivity contribution in [1.82, 2.24) is 15.2 Å². The molecule has 138 valence electrons. The Hall–Kier alpha value is -3.38. The molecule has 1 aromatic heterocycles. The monoisotopic (exact) mass is 386 g/mol. The molecule has 0 aliphatic carbocycles. The first-order valence-corrected chi connectivity index (χ1v) is 9.82. The molecule has 0 bridgehead atoms. The van der Waals surface area contributed by atoms with Gasteiger partial charge in [0.2, 0.25) is 11.1 Å². The predicted molar refractivity (Wildman–Crippen MR) is 115 cm³/mol. The average molecular weight is 386 g/mol. The summed E-state index contributed by atoms with van der Waals surface area (Å²) in [6.45, 7) is 0. The van der Waals surface area contributed by atoms with Crippen molar-refractivity contribution in [2.24, 2.45) is 0 Å². The molecule has 5 nitrogen and oxygen atoms in total. The Morgan fingerprint density at radius 1 is 0.964 bits per heavy atom. The van der Waals surface area contributed by atoms with Crippen LogP contribution in [0.25, 0.3) is 22.9 Å². The zero-order chi connectivity index (χ0) is 19.2. The van der Waals surface area contributed by atoms with Crippen LogP contribution >= 0.6 is 11.8 Å². The molecule has 0 atom stereocenters. The highest BCUT2D eigenvalue weighted by Crippen LogP contribution is 2.23. The molecule has 6 heteroatoms. The zero-order valence-electron chi connectivity index (χ0n) is 15.0. The van der Waals surface area contributed by atoms with Gasteiger partial charge >= 0.3 is 0 Å². The van der Waals surface area contributed by atoms with Crippen LogP contribution in [0.15, 0.2) is 78.0 Å². The lowest BCUT2D eigenvalue weighted by atomic mass is 10.1. The van der Waals surface area contributed by atoms with Crippen LogP contribution in [0.2, 0.25) is 0 Å². The van der Waals surface area contributed by atoms with Gasteiger partial charge in [-0.2, -0.15) is 0 Å². The first-order valence-electron chi connectivity index (χ1n) is 8.84. The van der Waals surface area contributed by atoms with Crippen molar-refractivity contribution in [3.8, 4) is 0 Å². The van der Waals surface area contributed by atoms with Gasteiger partial charge in [-0.1, -0.05) is 84.6 Å². The smallest absolute Gasteiger partial charge is 0.234 e. The topological polar surface area (TPSA) is 70.7 Å². The number of rotatable bonds is 6. The second-order valence-corrected chi connectivity index (χ2v) is 7.05. The largest absolute Gasteiger partial charge is 0.325 e. The van der Waals surface area contributed by atoms with Gasteiger partial charge in [-0.15, -0.1) is 5.10 Å². The van der Waals surface area contributed by atoms with E-state index >= 15 is 0 Å². The third-order valence-corrected chi connectivity index (χ3v) is 4.96. The molecule has 0 radical (unpaired) electrons. The van der Waals surface area contributed by atoms with Crippen LogP contribution in [0.4, 0.5) is 5.69 Å². The maximum Gasteiger partial charge on any atom is 0.234 e. The van der Waals surface area contributed by atoms with Gasteiger partial charge in [-0.25, -0.2) is 4.98 Å². The fraction of sp³-hybridized carbons (Fsp3) is 0.0455. The minimum Gasteiger partial charge on any atom is -0.325 e. The van der Waals surface area contributed by atoms with Crippen molar-refractivity contribution in [3.63, 3.8) is 0 Å². The van der Waals surface area contributed by atoms with Crippen molar-refractivity contribution >= 4 is 46.3 Å². The number of fused-ring (bicyclic) bond motifs is 1. The van der Waals surface area contributed by atoms with Crippen molar-refractivity contribution in [1.29, 1.82) is 0 Å². The number of nitrogens with zero attached hydrogens (tertiary/aromatic N) is 2. The quantitative estimate of drug-likeness (QED) is 0.464. The van der Waals surface area contributed by atoms with E-state index in [1.54, 1.807) is 0 Å². The number of anilines is 1. The normalized spacial score (nSPS) is 11.1. The third-order valence-electron chi connectivity index (χ3n) is 4.11. The van der Waals surface area contributed by atoms with Gasteiger partial charge in [-0.05, 0) is 23.1 Å². The van der Waals surface area contributed by atoms with E-state index in [0.29, 0.717) is 11.0 Å². The summed E-state index contributed by atoms with van der Waals surface area (Å²) in [6.07, 6.45) is 3.82. The Morgan fingerprint density at radius 2 is 1.75 bits per heavy atom. The Morgan fingerprint density at radius 3 is 2.64 bits per heavy atom. The molecular formula is C22H18N4OS. The fourth-order valence-corrected chi connectivity index (χ4v) is 3.39. The first-order chi connectivity index (χ1) is 13.8. The molecule has 0 saturated carbocycles. The maximum atomic E-state index is 12.3. The highest BCUT2D eigenvalue weighted by molar-refractivity contribution is 7.99. The Kier molecular flexibility index (Phi) is 5.49. The van der Waals surface area contributed by atoms with E-state index in [9.17, 15) is 4.79 Å². The Balaban J connectivity index is 1.35. The summed E-state index contributed by atoms with van der Waals surface area (Å²) in [4.78, 5) is 16.7. The molecule has 2 N–H and O–H groups in total. The molecule has 0 saturated heterocycles. The summed E-state index contributed by atoms with van der Waals surface area (Å²) in [5, 5.41) is 12.7. The number of aromatic amines is 1. The first kappa shape index (κ1) is 18.0. The number of thioether (sulfide) groups is 1. The molecule has 3 aromatic carbocycles. The van der Waals surface area contributed by atoms with E-state index in [0.717, 1.165) is 22.0 Å². The van der Waals surface area contributed by atoms with E-state index in [-0.39, 0.29) is 11.7 Å². The standard InChI is InChI=1S/C22H18N4OS/c27-21(23-19-12-6-10-17-9-4-5-11-18(17)19)15-28-22-24-20(25-26-22)14-13-16-7-2-1-3-8-16/h1-14H,15H2,(H,23,27)(H,24,25,26)/b14-13+. The minimum absolute atomic E-state index is 0.0902. The van der Waals surface area contributed by atoms with Crippen molar-refractivity contribution in [3.05, 3.63) is 84.2 Å². The van der Waals surface area contributed by atoms with Gasteiger partial charge in [0, 0.05) is 11.1 Å². The maximum absolute atomic E-state index is 12.3. The Bertz CT molecular complexity index is 1120. The fourth-order valence-electron chi connectivity index (χ4n) is 2.79.